The number of ketones is 1. The number of amides is 1. The minimum Gasteiger partial charge on any atom is -0.459 e. The number of nitrogens with two attached hydrogens (primary N) is 1. The van der Waals surface area contributed by atoms with Crippen LogP contribution in [0.5, 0.6) is 0 Å². The van der Waals surface area contributed by atoms with Crippen molar-refractivity contribution in [2.75, 3.05) is 6.54 Å². The molecule has 0 aliphatic rings. The fraction of sp³-hybridized carbons (Fsp3) is 0.211. The van der Waals surface area contributed by atoms with Crippen LogP contribution in [0.2, 0.25) is 0 Å². The number of ether oxygens (including phenoxy) is 1. The molecule has 0 saturated heterocycles. The Labute approximate surface area is 146 Å². The Morgan fingerprint density at radius 1 is 1.00 bits per heavy atom. The van der Waals surface area contributed by atoms with E-state index in [0.717, 1.165) is 5.56 Å². The lowest BCUT2D eigenvalue weighted by Gasteiger charge is -2.21. The van der Waals surface area contributed by atoms with Crippen LogP contribution in [0.25, 0.3) is 0 Å². The molecule has 0 saturated carbocycles. The van der Waals surface area contributed by atoms with Gasteiger partial charge in [0, 0.05) is 5.56 Å². The zero-order chi connectivity index (χ0) is 18.3. The summed E-state index contributed by atoms with van der Waals surface area (Å²) in [5.74, 6) is -1.90. The van der Waals surface area contributed by atoms with E-state index in [-0.39, 0.29) is 18.9 Å². The van der Waals surface area contributed by atoms with E-state index in [9.17, 15) is 14.4 Å². The summed E-state index contributed by atoms with van der Waals surface area (Å²) in [5.41, 5.74) is 5.16. The van der Waals surface area contributed by atoms with E-state index in [1.807, 2.05) is 18.2 Å². The summed E-state index contributed by atoms with van der Waals surface area (Å²) in [7, 11) is 0. The van der Waals surface area contributed by atoms with Crippen LogP contribution in [0.3, 0.4) is 0 Å². The molecule has 0 radical (unpaired) electrons. The molecule has 0 fully saturated rings. The lowest BCUT2D eigenvalue weighted by molar-refractivity contribution is -0.154. The molecule has 6 nitrogen and oxygen atoms in total. The Kier molecular flexibility index (Phi) is 6.03. The van der Waals surface area contributed by atoms with Gasteiger partial charge >= 0.3 is 5.97 Å². The maximum atomic E-state index is 12.2. The van der Waals surface area contributed by atoms with Crippen LogP contribution in [-0.2, 0) is 20.9 Å². The number of rotatable bonds is 7. The molecule has 0 unspecified atom stereocenters. The lowest BCUT2D eigenvalue weighted by atomic mass is 10.0. The number of carbonyl (C=O) groups excluding carboxylic acids is 3. The first-order chi connectivity index (χ1) is 11.9. The third-order valence-electron chi connectivity index (χ3n) is 3.61. The number of nitrogens with one attached hydrogen (secondary N) is 1. The second-order valence-electron chi connectivity index (χ2n) is 5.74. The summed E-state index contributed by atoms with van der Waals surface area (Å²) < 4.78 is 5.10. The van der Waals surface area contributed by atoms with Gasteiger partial charge < -0.3 is 15.8 Å². The van der Waals surface area contributed by atoms with Gasteiger partial charge in [0.2, 0.25) is 0 Å². The highest BCUT2D eigenvalue weighted by atomic mass is 16.5. The molecule has 0 aliphatic heterocycles. The Morgan fingerprint density at radius 3 is 2.16 bits per heavy atom. The van der Waals surface area contributed by atoms with Crippen LogP contribution in [0.1, 0.15) is 22.8 Å². The zero-order valence-electron chi connectivity index (χ0n) is 13.9. The predicted molar refractivity (Wildman–Crippen MR) is 92.6 cm³/mol. The second kappa shape index (κ2) is 8.21. The van der Waals surface area contributed by atoms with Crippen LogP contribution in [-0.4, -0.2) is 29.7 Å². The molecule has 130 valence electrons. The summed E-state index contributed by atoms with van der Waals surface area (Å²) in [6.07, 6.45) is 0. The Hall–Kier alpha value is -2.99. The monoisotopic (exact) mass is 340 g/mol. The normalized spacial score (nSPS) is 12.7. The maximum Gasteiger partial charge on any atom is 0.336 e. The maximum absolute atomic E-state index is 12.2. The van der Waals surface area contributed by atoms with Gasteiger partial charge in [0.05, 0.1) is 6.54 Å². The summed E-state index contributed by atoms with van der Waals surface area (Å²) >= 11 is 0. The fourth-order valence-corrected chi connectivity index (χ4v) is 2.04. The first kappa shape index (κ1) is 18.4. The van der Waals surface area contributed by atoms with Crippen molar-refractivity contribution in [3.63, 3.8) is 0 Å². The molecule has 2 aromatic rings. The van der Waals surface area contributed by atoms with Crippen molar-refractivity contribution >= 4 is 17.7 Å². The van der Waals surface area contributed by atoms with Crippen LogP contribution < -0.4 is 11.1 Å². The van der Waals surface area contributed by atoms with Gasteiger partial charge in [0.15, 0.2) is 11.3 Å². The number of esters is 1. The number of hydrogen-bond donors (Lipinski definition) is 2. The van der Waals surface area contributed by atoms with E-state index >= 15 is 0 Å². The largest absolute Gasteiger partial charge is 0.459 e. The van der Waals surface area contributed by atoms with Crippen molar-refractivity contribution in [3.05, 3.63) is 71.8 Å². The molecule has 3 N–H and O–H groups in total. The molecule has 0 heterocycles. The SMILES string of the molecule is C[C@](N)(C(=O)NCC(=O)c1ccccc1)C(=O)OCc1ccccc1. The van der Waals surface area contributed by atoms with Gasteiger partial charge in [-0.1, -0.05) is 60.7 Å². The number of Topliss-reactive ketones (excluding diaryl/α,β-unsaturated/α-hetero) is 1. The third kappa shape index (κ3) is 4.99. The molecule has 0 bridgehead atoms. The van der Waals surface area contributed by atoms with E-state index < -0.39 is 17.4 Å². The Bertz CT molecular complexity index is 743. The van der Waals surface area contributed by atoms with Gasteiger partial charge in [-0.3, -0.25) is 9.59 Å². The molecule has 1 atom stereocenters. The lowest BCUT2D eigenvalue weighted by Crippen LogP contribution is -2.58. The summed E-state index contributed by atoms with van der Waals surface area (Å²) in [6, 6.07) is 17.6. The van der Waals surface area contributed by atoms with Crippen molar-refractivity contribution < 1.29 is 19.1 Å². The first-order valence-electron chi connectivity index (χ1n) is 7.78. The standard InChI is InChI=1S/C19H20N2O4/c1-19(20,18(24)25-13-14-8-4-2-5-9-14)17(23)21-12-16(22)15-10-6-3-7-11-15/h2-11H,12-13,20H2,1H3,(H,21,23)/t19-/m0/s1. The summed E-state index contributed by atoms with van der Waals surface area (Å²) in [5, 5.41) is 2.39. The van der Waals surface area contributed by atoms with Crippen LogP contribution in [0.4, 0.5) is 0 Å². The fourth-order valence-electron chi connectivity index (χ4n) is 2.04. The quantitative estimate of drug-likeness (QED) is 0.451. The van der Waals surface area contributed by atoms with E-state index in [1.165, 1.54) is 6.92 Å². The average molecular weight is 340 g/mol. The van der Waals surface area contributed by atoms with Crippen molar-refractivity contribution in [3.8, 4) is 0 Å². The molecule has 2 aromatic carbocycles. The van der Waals surface area contributed by atoms with Gasteiger partial charge in [0.1, 0.15) is 6.61 Å². The van der Waals surface area contributed by atoms with Gasteiger partial charge in [-0.15, -0.1) is 0 Å². The molecular formula is C19H20N2O4. The summed E-state index contributed by atoms with van der Waals surface area (Å²) in [6.45, 7) is 1.02. The summed E-state index contributed by atoms with van der Waals surface area (Å²) in [4.78, 5) is 36.3. The van der Waals surface area contributed by atoms with Gasteiger partial charge in [0.25, 0.3) is 5.91 Å². The molecule has 25 heavy (non-hydrogen) atoms. The highest BCUT2D eigenvalue weighted by molar-refractivity contribution is 6.08. The van der Waals surface area contributed by atoms with Crippen molar-refractivity contribution in [2.24, 2.45) is 5.73 Å². The molecule has 2 rings (SSSR count). The van der Waals surface area contributed by atoms with Crippen molar-refractivity contribution in [2.45, 2.75) is 19.1 Å². The van der Waals surface area contributed by atoms with E-state index in [2.05, 4.69) is 5.32 Å². The van der Waals surface area contributed by atoms with Crippen LogP contribution in [0.15, 0.2) is 60.7 Å². The van der Waals surface area contributed by atoms with Gasteiger partial charge in [-0.25, -0.2) is 4.79 Å². The molecule has 0 aliphatic carbocycles. The Morgan fingerprint density at radius 2 is 1.56 bits per heavy atom. The van der Waals surface area contributed by atoms with E-state index in [4.69, 9.17) is 10.5 Å². The number of carbonyl (C=O) groups is 3. The van der Waals surface area contributed by atoms with Gasteiger partial charge in [-0.05, 0) is 12.5 Å². The van der Waals surface area contributed by atoms with Crippen molar-refractivity contribution in [1.29, 1.82) is 0 Å². The molecule has 1 amide bonds. The molecule has 0 aromatic heterocycles. The molecule has 0 spiro atoms. The molecule has 6 heteroatoms. The van der Waals surface area contributed by atoms with E-state index in [1.54, 1.807) is 42.5 Å². The topological polar surface area (TPSA) is 98.5 Å². The third-order valence-corrected chi connectivity index (χ3v) is 3.61. The van der Waals surface area contributed by atoms with Gasteiger partial charge in [-0.2, -0.15) is 0 Å². The minimum atomic E-state index is -1.88. The molecular weight excluding hydrogens is 320 g/mol. The predicted octanol–water partition coefficient (Wildman–Crippen LogP) is 1.45. The van der Waals surface area contributed by atoms with Crippen molar-refractivity contribution in [1.82, 2.24) is 5.32 Å². The van der Waals surface area contributed by atoms with Crippen LogP contribution in [0, 0.1) is 0 Å². The highest BCUT2D eigenvalue weighted by Crippen LogP contribution is 2.07. The Balaban J connectivity index is 1.88. The van der Waals surface area contributed by atoms with Crippen LogP contribution >= 0.6 is 0 Å². The second-order valence-corrected chi connectivity index (χ2v) is 5.74. The zero-order valence-corrected chi connectivity index (χ0v) is 13.9. The number of benzene rings is 2. The smallest absolute Gasteiger partial charge is 0.336 e. The number of hydrogen-bond acceptors (Lipinski definition) is 5. The van der Waals surface area contributed by atoms with E-state index in [0.29, 0.717) is 5.56 Å². The highest BCUT2D eigenvalue weighted by Gasteiger charge is 2.38. The minimum absolute atomic E-state index is 0.0166. The first-order valence-corrected chi connectivity index (χ1v) is 7.78. The average Bonchev–Trinajstić information content (AvgIpc) is 2.65.